The Morgan fingerprint density at radius 1 is 1.03 bits per heavy atom. The third kappa shape index (κ3) is 3.89. The Labute approximate surface area is 181 Å². The number of aromatic nitrogens is 3. The third-order valence-corrected chi connectivity index (χ3v) is 5.72. The van der Waals surface area contributed by atoms with E-state index in [1.165, 1.54) is 5.56 Å². The summed E-state index contributed by atoms with van der Waals surface area (Å²) in [7, 11) is 0. The molecule has 156 valence electrons. The van der Waals surface area contributed by atoms with Gasteiger partial charge in [-0.2, -0.15) is 5.10 Å². The number of aryl methyl sites for hydroxylation is 1. The third-order valence-electron chi connectivity index (χ3n) is 5.72. The van der Waals surface area contributed by atoms with E-state index in [1.807, 2.05) is 59.5 Å². The van der Waals surface area contributed by atoms with Gasteiger partial charge in [0.25, 0.3) is 5.91 Å². The van der Waals surface area contributed by atoms with Crippen LogP contribution < -0.4 is 4.74 Å². The van der Waals surface area contributed by atoms with Crippen LogP contribution in [0.1, 0.15) is 28.8 Å². The van der Waals surface area contributed by atoms with Gasteiger partial charge in [0.05, 0.1) is 11.9 Å². The second-order valence-corrected chi connectivity index (χ2v) is 7.92. The number of likely N-dealkylation sites (tertiary alicyclic amines) is 1. The van der Waals surface area contributed by atoms with Gasteiger partial charge in [0.15, 0.2) is 5.65 Å². The van der Waals surface area contributed by atoms with E-state index in [9.17, 15) is 4.79 Å². The summed E-state index contributed by atoms with van der Waals surface area (Å²) >= 11 is 0. The lowest BCUT2D eigenvalue weighted by atomic mass is 10.1. The molecule has 1 amide bonds. The van der Waals surface area contributed by atoms with Gasteiger partial charge in [-0.25, -0.2) is 9.50 Å². The summed E-state index contributed by atoms with van der Waals surface area (Å²) in [6, 6.07) is 20.0. The van der Waals surface area contributed by atoms with Crippen molar-refractivity contribution in [3.05, 3.63) is 84.2 Å². The SMILES string of the molecule is Cc1cccc(OC2CCN(C(=O)c3cnn4c(-c5ccccc5)ccnc34)CC2)c1. The molecule has 0 spiro atoms. The van der Waals surface area contributed by atoms with Crippen molar-refractivity contribution in [1.82, 2.24) is 19.5 Å². The van der Waals surface area contributed by atoms with Gasteiger partial charge in [-0.15, -0.1) is 0 Å². The van der Waals surface area contributed by atoms with E-state index < -0.39 is 0 Å². The van der Waals surface area contributed by atoms with Crippen molar-refractivity contribution in [2.75, 3.05) is 13.1 Å². The zero-order valence-corrected chi connectivity index (χ0v) is 17.4. The summed E-state index contributed by atoms with van der Waals surface area (Å²) in [5, 5.41) is 4.47. The molecule has 31 heavy (non-hydrogen) atoms. The molecule has 2 aromatic carbocycles. The van der Waals surface area contributed by atoms with E-state index in [1.54, 1.807) is 16.9 Å². The Morgan fingerprint density at radius 2 is 1.84 bits per heavy atom. The smallest absolute Gasteiger partial charge is 0.259 e. The maximum atomic E-state index is 13.2. The maximum Gasteiger partial charge on any atom is 0.259 e. The van der Waals surface area contributed by atoms with Crippen LogP contribution in [0, 0.1) is 6.92 Å². The van der Waals surface area contributed by atoms with Gasteiger partial charge in [0.1, 0.15) is 17.4 Å². The highest BCUT2D eigenvalue weighted by atomic mass is 16.5. The first-order valence-electron chi connectivity index (χ1n) is 10.6. The van der Waals surface area contributed by atoms with Crippen molar-refractivity contribution in [2.24, 2.45) is 0 Å². The number of ether oxygens (including phenoxy) is 1. The normalized spacial score (nSPS) is 14.7. The van der Waals surface area contributed by atoms with Crippen molar-refractivity contribution in [3.63, 3.8) is 0 Å². The molecular weight excluding hydrogens is 388 g/mol. The van der Waals surface area contributed by atoms with Crippen LogP contribution in [0.4, 0.5) is 0 Å². The Bertz CT molecular complexity index is 1210. The molecular formula is C25H24N4O2. The molecule has 0 aliphatic carbocycles. The van der Waals surface area contributed by atoms with Gasteiger partial charge in [-0.3, -0.25) is 4.79 Å². The zero-order chi connectivity index (χ0) is 21.2. The average Bonchev–Trinajstić information content (AvgIpc) is 3.24. The van der Waals surface area contributed by atoms with Crippen LogP contribution in [-0.2, 0) is 0 Å². The Hall–Kier alpha value is -3.67. The number of carbonyl (C=O) groups excluding carboxylic acids is 1. The lowest BCUT2D eigenvalue weighted by Gasteiger charge is -2.32. The van der Waals surface area contributed by atoms with Crippen molar-refractivity contribution in [2.45, 2.75) is 25.9 Å². The number of benzene rings is 2. The van der Waals surface area contributed by atoms with Crippen molar-refractivity contribution >= 4 is 11.6 Å². The topological polar surface area (TPSA) is 59.7 Å². The predicted molar refractivity (Wildman–Crippen MR) is 119 cm³/mol. The van der Waals surface area contributed by atoms with Gasteiger partial charge in [-0.05, 0) is 30.7 Å². The van der Waals surface area contributed by atoms with Gasteiger partial charge in [-0.1, -0.05) is 42.5 Å². The van der Waals surface area contributed by atoms with Gasteiger partial charge in [0, 0.05) is 37.7 Å². The molecule has 5 rings (SSSR count). The molecule has 1 fully saturated rings. The number of rotatable bonds is 4. The van der Waals surface area contributed by atoms with E-state index in [-0.39, 0.29) is 12.0 Å². The van der Waals surface area contributed by atoms with E-state index in [4.69, 9.17) is 4.74 Å². The van der Waals surface area contributed by atoms with E-state index >= 15 is 0 Å². The zero-order valence-electron chi connectivity index (χ0n) is 17.4. The highest BCUT2D eigenvalue weighted by molar-refractivity contribution is 6.00. The molecule has 0 bridgehead atoms. The molecule has 4 aromatic rings. The second-order valence-electron chi connectivity index (χ2n) is 7.92. The van der Waals surface area contributed by atoms with Crippen LogP contribution in [0.15, 0.2) is 73.1 Å². The van der Waals surface area contributed by atoms with Crippen LogP contribution >= 0.6 is 0 Å². The molecule has 0 atom stereocenters. The number of nitrogens with zero attached hydrogens (tertiary/aromatic N) is 4. The summed E-state index contributed by atoms with van der Waals surface area (Å²) in [6.45, 7) is 3.37. The lowest BCUT2D eigenvalue weighted by molar-refractivity contribution is 0.0597. The monoisotopic (exact) mass is 412 g/mol. The molecule has 3 heterocycles. The van der Waals surface area contributed by atoms with Gasteiger partial charge in [0.2, 0.25) is 0 Å². The molecule has 1 aliphatic rings. The number of hydrogen-bond acceptors (Lipinski definition) is 4. The van der Waals surface area contributed by atoms with Gasteiger partial charge >= 0.3 is 0 Å². The molecule has 0 radical (unpaired) electrons. The minimum absolute atomic E-state index is 0.0262. The van der Waals surface area contributed by atoms with Crippen LogP contribution in [0.25, 0.3) is 16.9 Å². The minimum atomic E-state index is -0.0262. The summed E-state index contributed by atoms with van der Waals surface area (Å²) in [4.78, 5) is 19.6. The molecule has 0 N–H and O–H groups in total. The van der Waals surface area contributed by atoms with Crippen molar-refractivity contribution in [3.8, 4) is 17.0 Å². The van der Waals surface area contributed by atoms with E-state index in [2.05, 4.69) is 23.1 Å². The molecule has 1 saturated heterocycles. The van der Waals surface area contributed by atoms with Gasteiger partial charge < -0.3 is 9.64 Å². The second kappa shape index (κ2) is 8.22. The Kier molecular flexibility index (Phi) is 5.12. The highest BCUT2D eigenvalue weighted by Gasteiger charge is 2.27. The van der Waals surface area contributed by atoms with Crippen LogP contribution in [-0.4, -0.2) is 44.6 Å². The first-order chi connectivity index (χ1) is 15.2. The van der Waals surface area contributed by atoms with Crippen molar-refractivity contribution in [1.29, 1.82) is 0 Å². The van der Waals surface area contributed by atoms with E-state index in [0.29, 0.717) is 24.3 Å². The Balaban J connectivity index is 1.31. The fourth-order valence-corrected chi connectivity index (χ4v) is 4.10. The number of carbonyl (C=O) groups is 1. The summed E-state index contributed by atoms with van der Waals surface area (Å²) in [5.74, 6) is 0.867. The fraction of sp³-hybridized carbons (Fsp3) is 0.240. The molecule has 2 aromatic heterocycles. The lowest BCUT2D eigenvalue weighted by Crippen LogP contribution is -2.41. The number of fused-ring (bicyclic) bond motifs is 1. The molecule has 6 nitrogen and oxygen atoms in total. The number of amides is 1. The highest BCUT2D eigenvalue weighted by Crippen LogP contribution is 2.24. The molecule has 1 aliphatic heterocycles. The van der Waals surface area contributed by atoms with Crippen LogP contribution in [0.3, 0.4) is 0 Å². The summed E-state index contributed by atoms with van der Waals surface area (Å²) in [6.07, 6.45) is 5.10. The molecule has 0 unspecified atom stereocenters. The Morgan fingerprint density at radius 3 is 2.61 bits per heavy atom. The average molecular weight is 412 g/mol. The first kappa shape index (κ1) is 19.3. The summed E-state index contributed by atoms with van der Waals surface area (Å²) in [5.41, 5.74) is 4.25. The molecule has 0 saturated carbocycles. The summed E-state index contributed by atoms with van der Waals surface area (Å²) < 4.78 is 7.87. The first-order valence-corrected chi connectivity index (χ1v) is 10.6. The fourth-order valence-electron chi connectivity index (χ4n) is 4.10. The van der Waals surface area contributed by atoms with Crippen molar-refractivity contribution < 1.29 is 9.53 Å². The standard InChI is InChI=1S/C25H24N4O2/c1-18-6-5-9-21(16-18)31-20-11-14-28(15-12-20)25(30)22-17-27-29-23(10-13-26-24(22)29)19-7-3-2-4-8-19/h2-10,13,16-17,20H,11-12,14-15H2,1H3. The van der Waals surface area contributed by atoms with Crippen LogP contribution in [0.5, 0.6) is 5.75 Å². The minimum Gasteiger partial charge on any atom is -0.490 e. The molecule has 6 heteroatoms. The predicted octanol–water partition coefficient (Wildman–Crippen LogP) is 4.39. The largest absolute Gasteiger partial charge is 0.490 e. The van der Waals surface area contributed by atoms with E-state index in [0.717, 1.165) is 29.8 Å². The van der Waals surface area contributed by atoms with Crippen LogP contribution in [0.2, 0.25) is 0 Å². The maximum absolute atomic E-state index is 13.2. The number of hydrogen-bond donors (Lipinski definition) is 0. The quantitative estimate of drug-likeness (QED) is 0.499. The number of piperidine rings is 1.